The molecule has 0 bridgehead atoms. The molecule has 1 aliphatic rings. The van der Waals surface area contributed by atoms with Crippen molar-refractivity contribution in [3.8, 4) is 22.8 Å². The lowest BCUT2D eigenvalue weighted by atomic mass is 10.1. The van der Waals surface area contributed by atoms with Gasteiger partial charge in [0, 0.05) is 22.9 Å². The van der Waals surface area contributed by atoms with E-state index in [0.29, 0.717) is 39.5 Å². The lowest BCUT2D eigenvalue weighted by Gasteiger charge is -2.08. The molecule has 0 atom stereocenters. The van der Waals surface area contributed by atoms with E-state index in [0.717, 1.165) is 11.1 Å². The summed E-state index contributed by atoms with van der Waals surface area (Å²) in [6, 6.07) is 19.2. The second-order valence-corrected chi connectivity index (χ2v) is 7.07. The van der Waals surface area contributed by atoms with Crippen LogP contribution in [-0.2, 0) is 0 Å². The molecule has 30 heavy (non-hydrogen) atoms. The molecule has 5 rings (SSSR count). The van der Waals surface area contributed by atoms with E-state index in [4.69, 9.17) is 13.9 Å². The van der Waals surface area contributed by atoms with Crippen LogP contribution >= 0.6 is 0 Å². The first-order chi connectivity index (χ1) is 14.6. The highest BCUT2D eigenvalue weighted by Crippen LogP contribution is 2.32. The highest BCUT2D eigenvalue weighted by molar-refractivity contribution is 6.05. The largest absolute Gasteiger partial charge is 0.456 e. The van der Waals surface area contributed by atoms with Crippen LogP contribution in [0.2, 0.25) is 0 Å². The van der Waals surface area contributed by atoms with Gasteiger partial charge in [-0.3, -0.25) is 9.59 Å². The van der Waals surface area contributed by atoms with E-state index in [-0.39, 0.29) is 18.1 Å². The fourth-order valence-electron chi connectivity index (χ4n) is 3.34. The number of nitrogens with one attached hydrogen (secondary N) is 1. The van der Waals surface area contributed by atoms with Gasteiger partial charge >= 0.3 is 0 Å². The van der Waals surface area contributed by atoms with Crippen molar-refractivity contribution in [2.75, 3.05) is 12.1 Å². The molecule has 2 heterocycles. The van der Waals surface area contributed by atoms with Crippen LogP contribution in [0.15, 0.2) is 75.9 Å². The molecule has 1 N–H and O–H groups in total. The minimum atomic E-state index is -0.312. The van der Waals surface area contributed by atoms with E-state index in [9.17, 15) is 9.59 Å². The van der Waals surface area contributed by atoms with Gasteiger partial charge < -0.3 is 19.2 Å². The molecule has 0 spiro atoms. The quantitative estimate of drug-likeness (QED) is 0.538. The standard InChI is InChI=1S/C24H17NO5/c1-14-2-4-15(5-3-14)22-12-19(26)18-11-17(7-9-20(18)30-22)25-24(27)16-6-8-21-23(10-16)29-13-28-21/h2-12H,13H2,1H3,(H,25,27). The van der Waals surface area contributed by atoms with E-state index < -0.39 is 0 Å². The van der Waals surface area contributed by atoms with Gasteiger partial charge in [0.2, 0.25) is 6.79 Å². The molecule has 0 radical (unpaired) electrons. The van der Waals surface area contributed by atoms with Crippen LogP contribution in [0, 0.1) is 6.92 Å². The van der Waals surface area contributed by atoms with E-state index in [1.807, 2.05) is 31.2 Å². The number of rotatable bonds is 3. The molecule has 148 valence electrons. The average Bonchev–Trinajstić information content (AvgIpc) is 3.22. The molecule has 0 aliphatic carbocycles. The van der Waals surface area contributed by atoms with Crippen LogP contribution in [0.3, 0.4) is 0 Å². The molecule has 0 unspecified atom stereocenters. The number of aryl methyl sites for hydroxylation is 1. The SMILES string of the molecule is Cc1ccc(-c2cc(=O)c3cc(NC(=O)c4ccc5c(c4)OCO5)ccc3o2)cc1. The van der Waals surface area contributed by atoms with Crippen molar-refractivity contribution in [3.63, 3.8) is 0 Å². The average molecular weight is 399 g/mol. The van der Waals surface area contributed by atoms with Gasteiger partial charge in [-0.15, -0.1) is 0 Å². The summed E-state index contributed by atoms with van der Waals surface area (Å²) in [6.45, 7) is 2.14. The molecule has 6 heteroatoms. The summed E-state index contributed by atoms with van der Waals surface area (Å²) in [4.78, 5) is 25.3. The van der Waals surface area contributed by atoms with Gasteiger partial charge in [0.05, 0.1) is 5.39 Å². The zero-order valence-electron chi connectivity index (χ0n) is 16.1. The maximum Gasteiger partial charge on any atom is 0.255 e. The number of carbonyl (C=O) groups excluding carboxylic acids is 1. The van der Waals surface area contributed by atoms with Crippen LogP contribution in [0.5, 0.6) is 11.5 Å². The summed E-state index contributed by atoms with van der Waals surface area (Å²) in [5, 5.41) is 3.20. The smallest absolute Gasteiger partial charge is 0.255 e. The first-order valence-electron chi connectivity index (χ1n) is 9.43. The van der Waals surface area contributed by atoms with E-state index >= 15 is 0 Å². The van der Waals surface area contributed by atoms with E-state index in [1.165, 1.54) is 6.07 Å². The number of fused-ring (bicyclic) bond motifs is 2. The van der Waals surface area contributed by atoms with Gasteiger partial charge in [0.25, 0.3) is 5.91 Å². The van der Waals surface area contributed by atoms with Crippen LogP contribution < -0.4 is 20.2 Å². The van der Waals surface area contributed by atoms with Gasteiger partial charge in [-0.1, -0.05) is 29.8 Å². The van der Waals surface area contributed by atoms with Crippen molar-refractivity contribution >= 4 is 22.6 Å². The third-order valence-corrected chi connectivity index (χ3v) is 4.96. The normalized spacial score (nSPS) is 12.2. The third-order valence-electron chi connectivity index (χ3n) is 4.96. The molecule has 1 amide bonds. The molecule has 0 saturated heterocycles. The van der Waals surface area contributed by atoms with Gasteiger partial charge in [-0.05, 0) is 43.3 Å². The van der Waals surface area contributed by atoms with E-state index in [1.54, 1.807) is 36.4 Å². The maximum absolute atomic E-state index is 12.7. The van der Waals surface area contributed by atoms with Gasteiger partial charge in [0.1, 0.15) is 11.3 Å². The topological polar surface area (TPSA) is 77.8 Å². The molecular formula is C24H17NO5. The number of carbonyl (C=O) groups is 1. The Kier molecular flexibility index (Phi) is 4.25. The first-order valence-corrected chi connectivity index (χ1v) is 9.43. The van der Waals surface area contributed by atoms with Gasteiger partial charge in [0.15, 0.2) is 16.9 Å². The highest BCUT2D eigenvalue weighted by Gasteiger charge is 2.16. The van der Waals surface area contributed by atoms with Crippen LogP contribution in [0.1, 0.15) is 15.9 Å². The Morgan fingerprint density at radius 3 is 2.53 bits per heavy atom. The molecule has 0 fully saturated rings. The molecular weight excluding hydrogens is 382 g/mol. The number of ether oxygens (including phenoxy) is 2. The molecule has 1 aromatic heterocycles. The Morgan fingerprint density at radius 2 is 1.70 bits per heavy atom. The van der Waals surface area contributed by atoms with Crippen molar-refractivity contribution in [3.05, 3.63) is 88.1 Å². The summed E-state index contributed by atoms with van der Waals surface area (Å²) >= 11 is 0. The van der Waals surface area contributed by atoms with Crippen LogP contribution in [0.4, 0.5) is 5.69 Å². The summed E-state index contributed by atoms with van der Waals surface area (Å²) < 4.78 is 16.5. The van der Waals surface area contributed by atoms with Crippen LogP contribution in [0.25, 0.3) is 22.3 Å². The molecule has 3 aromatic carbocycles. The number of hydrogen-bond acceptors (Lipinski definition) is 5. The Balaban J connectivity index is 1.44. The monoisotopic (exact) mass is 399 g/mol. The van der Waals surface area contributed by atoms with Crippen molar-refractivity contribution < 1.29 is 18.7 Å². The van der Waals surface area contributed by atoms with E-state index in [2.05, 4.69) is 5.32 Å². The fourth-order valence-corrected chi connectivity index (χ4v) is 3.34. The Bertz CT molecular complexity index is 1340. The lowest BCUT2D eigenvalue weighted by Crippen LogP contribution is -2.12. The number of anilines is 1. The van der Waals surface area contributed by atoms with Crippen LogP contribution in [-0.4, -0.2) is 12.7 Å². The zero-order valence-corrected chi connectivity index (χ0v) is 16.1. The second kappa shape index (κ2) is 7.08. The summed E-state index contributed by atoms with van der Waals surface area (Å²) in [5.41, 5.74) is 3.18. The molecule has 1 aliphatic heterocycles. The predicted octanol–water partition coefficient (Wildman–Crippen LogP) is 4.75. The molecule has 6 nitrogen and oxygen atoms in total. The fraction of sp³-hybridized carbons (Fsp3) is 0.0833. The molecule has 0 saturated carbocycles. The molecule has 4 aromatic rings. The van der Waals surface area contributed by atoms with Crippen molar-refractivity contribution in [2.24, 2.45) is 0 Å². The first kappa shape index (κ1) is 18.0. The highest BCUT2D eigenvalue weighted by atomic mass is 16.7. The third kappa shape index (κ3) is 3.28. The van der Waals surface area contributed by atoms with Gasteiger partial charge in [-0.2, -0.15) is 0 Å². The minimum absolute atomic E-state index is 0.144. The van der Waals surface area contributed by atoms with Crippen molar-refractivity contribution in [2.45, 2.75) is 6.92 Å². The van der Waals surface area contributed by atoms with Crippen molar-refractivity contribution in [1.82, 2.24) is 0 Å². The predicted molar refractivity (Wildman–Crippen MR) is 113 cm³/mol. The summed E-state index contributed by atoms with van der Waals surface area (Å²) in [6.07, 6.45) is 0. The second-order valence-electron chi connectivity index (χ2n) is 7.07. The Labute approximate surface area is 171 Å². The number of amides is 1. The Hall–Kier alpha value is -4.06. The van der Waals surface area contributed by atoms with Crippen molar-refractivity contribution in [1.29, 1.82) is 0 Å². The number of benzene rings is 3. The number of hydrogen-bond donors (Lipinski definition) is 1. The maximum atomic E-state index is 12.7. The van der Waals surface area contributed by atoms with Gasteiger partial charge in [-0.25, -0.2) is 0 Å². The minimum Gasteiger partial charge on any atom is -0.456 e. The Morgan fingerprint density at radius 1 is 0.900 bits per heavy atom. The summed E-state index contributed by atoms with van der Waals surface area (Å²) in [5.74, 6) is 1.34. The lowest BCUT2D eigenvalue weighted by molar-refractivity contribution is 0.102. The summed E-state index contributed by atoms with van der Waals surface area (Å²) in [7, 11) is 0. The zero-order chi connectivity index (χ0) is 20.7.